The first kappa shape index (κ1) is 17.7. The summed E-state index contributed by atoms with van der Waals surface area (Å²) in [6.45, 7) is 1.91. The van der Waals surface area contributed by atoms with Gasteiger partial charge in [0.05, 0.1) is 19.5 Å². The van der Waals surface area contributed by atoms with Crippen LogP contribution in [-0.2, 0) is 0 Å². The first-order valence-electron chi connectivity index (χ1n) is 7.86. The normalized spacial score (nSPS) is 10.3. The molecular formula is C19H17ClN4O2. The molecule has 0 aliphatic heterocycles. The number of anilines is 3. The minimum atomic E-state index is -0.340. The van der Waals surface area contributed by atoms with E-state index in [1.807, 2.05) is 25.1 Å². The third-order valence-electron chi connectivity index (χ3n) is 3.76. The largest absolute Gasteiger partial charge is 0.497 e. The zero-order valence-corrected chi connectivity index (χ0v) is 15.0. The molecule has 0 spiro atoms. The summed E-state index contributed by atoms with van der Waals surface area (Å²) in [5.41, 5.74) is 2.61. The van der Waals surface area contributed by atoms with Gasteiger partial charge >= 0.3 is 0 Å². The molecule has 2 N–H and O–H groups in total. The van der Waals surface area contributed by atoms with Gasteiger partial charge in [-0.1, -0.05) is 17.7 Å². The van der Waals surface area contributed by atoms with Crippen LogP contribution in [0.5, 0.6) is 5.75 Å². The lowest BCUT2D eigenvalue weighted by Crippen LogP contribution is -2.14. The van der Waals surface area contributed by atoms with Crippen LogP contribution in [0, 0.1) is 6.92 Å². The summed E-state index contributed by atoms with van der Waals surface area (Å²) in [6.07, 6.45) is 2.92. The summed E-state index contributed by atoms with van der Waals surface area (Å²) in [5, 5.41) is 6.56. The lowest BCUT2D eigenvalue weighted by atomic mass is 10.2. The Morgan fingerprint density at radius 3 is 2.50 bits per heavy atom. The Morgan fingerprint density at radius 1 is 1.08 bits per heavy atom. The molecule has 2 aromatic carbocycles. The zero-order chi connectivity index (χ0) is 18.5. The van der Waals surface area contributed by atoms with E-state index in [4.69, 9.17) is 16.3 Å². The first-order chi connectivity index (χ1) is 12.6. The van der Waals surface area contributed by atoms with E-state index >= 15 is 0 Å². The minimum Gasteiger partial charge on any atom is -0.497 e. The molecule has 0 atom stereocenters. The maximum atomic E-state index is 12.3. The van der Waals surface area contributed by atoms with Gasteiger partial charge in [0.2, 0.25) is 0 Å². The summed E-state index contributed by atoms with van der Waals surface area (Å²) in [6, 6.07) is 12.6. The fourth-order valence-corrected chi connectivity index (χ4v) is 2.43. The maximum Gasteiger partial charge on any atom is 0.275 e. The van der Waals surface area contributed by atoms with Gasteiger partial charge < -0.3 is 15.4 Å². The van der Waals surface area contributed by atoms with Crippen molar-refractivity contribution in [3.63, 3.8) is 0 Å². The molecule has 3 aromatic rings. The molecule has 1 aromatic heterocycles. The smallest absolute Gasteiger partial charge is 0.275 e. The van der Waals surface area contributed by atoms with Crippen LogP contribution < -0.4 is 15.4 Å². The molecule has 3 rings (SSSR count). The number of rotatable bonds is 5. The number of benzene rings is 2. The van der Waals surface area contributed by atoms with Crippen LogP contribution in [0.3, 0.4) is 0 Å². The van der Waals surface area contributed by atoms with Gasteiger partial charge in [-0.2, -0.15) is 0 Å². The Hall–Kier alpha value is -3.12. The number of aromatic nitrogens is 2. The lowest BCUT2D eigenvalue weighted by Gasteiger charge is -2.10. The van der Waals surface area contributed by atoms with Gasteiger partial charge in [0, 0.05) is 16.4 Å². The Balaban J connectivity index is 1.68. The van der Waals surface area contributed by atoms with Gasteiger partial charge in [0.25, 0.3) is 5.91 Å². The second-order valence-corrected chi connectivity index (χ2v) is 5.91. The Labute approximate surface area is 156 Å². The molecule has 1 amide bonds. The zero-order valence-electron chi connectivity index (χ0n) is 14.3. The number of nitrogens with one attached hydrogen (secondary N) is 2. The summed E-state index contributed by atoms with van der Waals surface area (Å²) >= 11 is 6.11. The highest BCUT2D eigenvalue weighted by Gasteiger charge is 2.09. The molecule has 0 fully saturated rings. The monoisotopic (exact) mass is 368 g/mol. The van der Waals surface area contributed by atoms with Crippen LogP contribution >= 0.6 is 11.6 Å². The first-order valence-corrected chi connectivity index (χ1v) is 8.24. The van der Waals surface area contributed by atoms with Crippen molar-refractivity contribution in [2.45, 2.75) is 6.92 Å². The van der Waals surface area contributed by atoms with Crippen molar-refractivity contribution in [1.82, 2.24) is 9.97 Å². The highest BCUT2D eigenvalue weighted by Crippen LogP contribution is 2.25. The van der Waals surface area contributed by atoms with Crippen molar-refractivity contribution in [2.24, 2.45) is 0 Å². The molecule has 132 valence electrons. The molecule has 0 saturated carbocycles. The summed E-state index contributed by atoms with van der Waals surface area (Å²) in [7, 11) is 1.59. The number of hydrogen-bond acceptors (Lipinski definition) is 5. The molecule has 0 aliphatic carbocycles. The quantitative estimate of drug-likeness (QED) is 0.696. The lowest BCUT2D eigenvalue weighted by molar-refractivity contribution is 0.102. The van der Waals surface area contributed by atoms with Crippen molar-refractivity contribution in [3.8, 4) is 5.75 Å². The van der Waals surface area contributed by atoms with Gasteiger partial charge in [-0.05, 0) is 48.9 Å². The van der Waals surface area contributed by atoms with Crippen LogP contribution in [0.2, 0.25) is 5.02 Å². The van der Waals surface area contributed by atoms with E-state index in [2.05, 4.69) is 20.6 Å². The highest BCUT2D eigenvalue weighted by atomic mass is 35.5. The molecule has 0 saturated heterocycles. The molecular weight excluding hydrogens is 352 g/mol. The number of ether oxygens (including phenoxy) is 1. The fraction of sp³-hybridized carbons (Fsp3) is 0.105. The molecule has 0 aliphatic rings. The number of carbonyl (C=O) groups is 1. The number of halogens is 1. The molecule has 0 unspecified atom stereocenters. The van der Waals surface area contributed by atoms with Gasteiger partial charge in [0.1, 0.15) is 17.3 Å². The fourth-order valence-electron chi connectivity index (χ4n) is 2.26. The van der Waals surface area contributed by atoms with E-state index in [1.165, 1.54) is 12.4 Å². The molecule has 7 heteroatoms. The topological polar surface area (TPSA) is 76.1 Å². The average Bonchev–Trinajstić information content (AvgIpc) is 2.66. The van der Waals surface area contributed by atoms with E-state index in [0.717, 1.165) is 17.0 Å². The van der Waals surface area contributed by atoms with Crippen LogP contribution in [0.4, 0.5) is 17.2 Å². The highest BCUT2D eigenvalue weighted by molar-refractivity contribution is 6.31. The minimum absolute atomic E-state index is 0.217. The molecule has 0 bridgehead atoms. The average molecular weight is 369 g/mol. The van der Waals surface area contributed by atoms with Crippen molar-refractivity contribution in [1.29, 1.82) is 0 Å². The molecule has 6 nitrogen and oxygen atoms in total. The Kier molecular flexibility index (Phi) is 5.34. The summed E-state index contributed by atoms with van der Waals surface area (Å²) < 4.78 is 5.09. The number of hydrogen-bond donors (Lipinski definition) is 2. The maximum absolute atomic E-state index is 12.3. The second kappa shape index (κ2) is 7.84. The summed E-state index contributed by atoms with van der Waals surface area (Å²) in [5.74, 6) is 0.902. The van der Waals surface area contributed by atoms with Gasteiger partial charge in [0.15, 0.2) is 0 Å². The summed E-state index contributed by atoms with van der Waals surface area (Å²) in [4.78, 5) is 20.7. The molecule has 26 heavy (non-hydrogen) atoms. The predicted octanol–water partition coefficient (Wildman–Crippen LogP) is 4.44. The van der Waals surface area contributed by atoms with E-state index in [-0.39, 0.29) is 11.6 Å². The van der Waals surface area contributed by atoms with Crippen molar-refractivity contribution in [2.75, 3.05) is 17.7 Å². The van der Waals surface area contributed by atoms with E-state index in [1.54, 1.807) is 31.4 Å². The van der Waals surface area contributed by atoms with E-state index < -0.39 is 0 Å². The third-order valence-corrected chi connectivity index (χ3v) is 4.17. The van der Waals surface area contributed by atoms with Crippen molar-refractivity contribution in [3.05, 3.63) is 71.1 Å². The number of nitrogens with zero attached hydrogens (tertiary/aromatic N) is 2. The number of amides is 1. The predicted molar refractivity (Wildman–Crippen MR) is 102 cm³/mol. The second-order valence-electron chi connectivity index (χ2n) is 5.51. The van der Waals surface area contributed by atoms with Crippen LogP contribution in [0.1, 0.15) is 16.1 Å². The third kappa shape index (κ3) is 4.10. The van der Waals surface area contributed by atoms with Gasteiger partial charge in [-0.25, -0.2) is 9.97 Å². The Morgan fingerprint density at radius 2 is 1.85 bits per heavy atom. The van der Waals surface area contributed by atoms with Crippen LogP contribution in [0.15, 0.2) is 54.9 Å². The standard InChI is InChI=1S/C19H17ClN4O2/c1-12-15(20)4-3-5-16(12)24-18-11-21-17(10-22-18)19(25)23-13-6-8-14(26-2)9-7-13/h3-11H,1-2H3,(H,22,24)(H,23,25). The molecule has 1 heterocycles. The number of methoxy groups -OCH3 is 1. The van der Waals surface area contributed by atoms with Crippen LogP contribution in [0.25, 0.3) is 0 Å². The van der Waals surface area contributed by atoms with Crippen molar-refractivity contribution < 1.29 is 9.53 Å². The molecule has 0 radical (unpaired) electrons. The SMILES string of the molecule is COc1ccc(NC(=O)c2cnc(Nc3cccc(Cl)c3C)cn2)cc1. The van der Waals surface area contributed by atoms with E-state index in [9.17, 15) is 4.79 Å². The Bertz CT molecular complexity index is 912. The van der Waals surface area contributed by atoms with Gasteiger partial charge in [-0.3, -0.25) is 4.79 Å². The number of carbonyl (C=O) groups excluding carboxylic acids is 1. The van der Waals surface area contributed by atoms with Crippen LogP contribution in [-0.4, -0.2) is 23.0 Å². The van der Waals surface area contributed by atoms with E-state index in [0.29, 0.717) is 16.5 Å². The van der Waals surface area contributed by atoms with Gasteiger partial charge in [-0.15, -0.1) is 0 Å². The van der Waals surface area contributed by atoms with Crippen molar-refractivity contribution >= 4 is 34.7 Å².